The molecule has 1 aromatic heterocycles. The monoisotopic (exact) mass is 289 g/mol. The van der Waals surface area contributed by atoms with E-state index in [-0.39, 0.29) is 11.6 Å². The predicted octanol–water partition coefficient (Wildman–Crippen LogP) is 3.47. The first-order chi connectivity index (χ1) is 9.29. The molecule has 0 radical (unpaired) electrons. The third kappa shape index (κ3) is 3.37. The molecule has 0 spiro atoms. The summed E-state index contributed by atoms with van der Waals surface area (Å²) >= 11 is 0. The summed E-state index contributed by atoms with van der Waals surface area (Å²) in [7, 11) is 0. The van der Waals surface area contributed by atoms with Crippen molar-refractivity contribution < 1.29 is 18.1 Å². The van der Waals surface area contributed by atoms with E-state index in [4.69, 9.17) is 0 Å². The molecule has 1 saturated carbocycles. The number of halogens is 3. The van der Waals surface area contributed by atoms with Crippen molar-refractivity contribution in [1.29, 1.82) is 0 Å². The van der Waals surface area contributed by atoms with Gasteiger partial charge in [0.15, 0.2) is 0 Å². The molecule has 20 heavy (non-hydrogen) atoms. The Balaban J connectivity index is 2.19. The Morgan fingerprint density at radius 3 is 2.70 bits per heavy atom. The van der Waals surface area contributed by atoms with Crippen LogP contribution in [0.4, 0.5) is 24.5 Å². The summed E-state index contributed by atoms with van der Waals surface area (Å²) in [5.74, 6) is 0.836. The summed E-state index contributed by atoms with van der Waals surface area (Å²) in [5, 5.41) is 13.6. The molecule has 2 rings (SSSR count). The summed E-state index contributed by atoms with van der Waals surface area (Å²) in [6, 6.07) is 0.692. The van der Waals surface area contributed by atoms with Crippen LogP contribution in [0.2, 0.25) is 0 Å². The van der Waals surface area contributed by atoms with Gasteiger partial charge in [-0.2, -0.15) is 13.2 Å². The molecule has 1 aromatic rings. The average Bonchev–Trinajstić information content (AvgIpc) is 3.18. The Kier molecular flexibility index (Phi) is 3.82. The highest BCUT2D eigenvalue weighted by Crippen LogP contribution is 2.37. The van der Waals surface area contributed by atoms with Gasteiger partial charge in [0.1, 0.15) is 17.6 Å². The Morgan fingerprint density at radius 1 is 1.55 bits per heavy atom. The SMILES string of the molecule is CC(CNc1cc(C(F)(F)F)ncc1[N+](=O)[O-])C1CC1. The molecule has 110 valence electrons. The lowest BCUT2D eigenvalue weighted by Gasteiger charge is -2.14. The minimum absolute atomic E-state index is 0.134. The fraction of sp³-hybridized carbons (Fsp3) is 0.583. The van der Waals surface area contributed by atoms with Gasteiger partial charge in [-0.1, -0.05) is 6.92 Å². The molecule has 1 N–H and O–H groups in total. The van der Waals surface area contributed by atoms with Crippen LogP contribution >= 0.6 is 0 Å². The summed E-state index contributed by atoms with van der Waals surface area (Å²) in [6.45, 7) is 2.38. The molecule has 1 aliphatic carbocycles. The van der Waals surface area contributed by atoms with E-state index in [0.29, 0.717) is 24.7 Å². The lowest BCUT2D eigenvalue weighted by Crippen LogP contribution is -2.15. The molecule has 0 aliphatic heterocycles. The molecule has 1 fully saturated rings. The first-order valence-corrected chi connectivity index (χ1v) is 6.24. The lowest BCUT2D eigenvalue weighted by atomic mass is 10.1. The fourth-order valence-electron chi connectivity index (χ4n) is 1.99. The Labute approximate surface area is 113 Å². The highest BCUT2D eigenvalue weighted by molar-refractivity contribution is 5.61. The van der Waals surface area contributed by atoms with Crippen molar-refractivity contribution >= 4 is 11.4 Å². The molecule has 0 aromatic carbocycles. The Morgan fingerprint density at radius 2 is 2.20 bits per heavy atom. The van der Waals surface area contributed by atoms with E-state index in [1.54, 1.807) is 0 Å². The van der Waals surface area contributed by atoms with Crippen LogP contribution in [0.15, 0.2) is 12.3 Å². The Bertz CT molecular complexity index is 515. The maximum atomic E-state index is 12.6. The molecule has 5 nitrogen and oxygen atoms in total. The third-order valence-corrected chi connectivity index (χ3v) is 3.41. The van der Waals surface area contributed by atoms with Gasteiger partial charge in [0.25, 0.3) is 0 Å². The van der Waals surface area contributed by atoms with Gasteiger partial charge < -0.3 is 5.32 Å². The van der Waals surface area contributed by atoms with Crippen molar-refractivity contribution in [3.63, 3.8) is 0 Å². The summed E-state index contributed by atoms with van der Waals surface area (Å²) in [5.41, 5.74) is -1.71. The van der Waals surface area contributed by atoms with E-state index in [0.717, 1.165) is 12.8 Å². The first-order valence-electron chi connectivity index (χ1n) is 6.24. The van der Waals surface area contributed by atoms with Gasteiger partial charge in [0.05, 0.1) is 4.92 Å². The topological polar surface area (TPSA) is 68.1 Å². The van der Waals surface area contributed by atoms with Gasteiger partial charge in [-0.05, 0) is 30.7 Å². The molecular formula is C12H14F3N3O2. The fourth-order valence-corrected chi connectivity index (χ4v) is 1.99. The summed E-state index contributed by atoms with van der Waals surface area (Å²) in [6.07, 6.45) is -1.76. The molecule has 1 heterocycles. The van der Waals surface area contributed by atoms with Crippen LogP contribution in [0, 0.1) is 22.0 Å². The van der Waals surface area contributed by atoms with E-state index in [1.165, 1.54) is 0 Å². The van der Waals surface area contributed by atoms with Crippen molar-refractivity contribution in [2.45, 2.75) is 25.9 Å². The largest absolute Gasteiger partial charge is 0.433 e. The standard InChI is InChI=1S/C12H14F3N3O2/c1-7(8-2-3-8)5-16-9-4-11(12(13,14)15)17-6-10(9)18(19)20/h4,6-8H,2-3,5H2,1H3,(H,16,17). The normalized spacial score (nSPS) is 16.8. The highest BCUT2D eigenvalue weighted by Gasteiger charge is 2.34. The molecule has 0 saturated heterocycles. The van der Waals surface area contributed by atoms with Gasteiger partial charge in [-0.15, -0.1) is 0 Å². The minimum atomic E-state index is -4.62. The number of hydrogen-bond acceptors (Lipinski definition) is 4. The van der Waals surface area contributed by atoms with Crippen LogP contribution < -0.4 is 5.32 Å². The third-order valence-electron chi connectivity index (χ3n) is 3.41. The van der Waals surface area contributed by atoms with Crippen molar-refractivity contribution in [1.82, 2.24) is 4.98 Å². The van der Waals surface area contributed by atoms with Crippen LogP contribution in [0.5, 0.6) is 0 Å². The Hall–Kier alpha value is -1.86. The van der Waals surface area contributed by atoms with E-state index in [1.807, 2.05) is 6.92 Å². The number of nitrogens with one attached hydrogen (secondary N) is 1. The van der Waals surface area contributed by atoms with Crippen LogP contribution in [-0.4, -0.2) is 16.5 Å². The number of alkyl halides is 3. The molecule has 1 aliphatic rings. The minimum Gasteiger partial charge on any atom is -0.379 e. The molecule has 0 bridgehead atoms. The smallest absolute Gasteiger partial charge is 0.379 e. The molecular weight excluding hydrogens is 275 g/mol. The summed E-state index contributed by atoms with van der Waals surface area (Å²) in [4.78, 5) is 13.2. The average molecular weight is 289 g/mol. The zero-order valence-electron chi connectivity index (χ0n) is 10.8. The number of nitrogens with zero attached hydrogens (tertiary/aromatic N) is 2. The van der Waals surface area contributed by atoms with Gasteiger partial charge >= 0.3 is 11.9 Å². The summed E-state index contributed by atoms with van der Waals surface area (Å²) < 4.78 is 37.7. The number of pyridine rings is 1. The van der Waals surface area contributed by atoms with Crippen LogP contribution in [0.3, 0.4) is 0 Å². The maximum Gasteiger partial charge on any atom is 0.433 e. The van der Waals surface area contributed by atoms with Crippen molar-refractivity contribution in [3.05, 3.63) is 28.1 Å². The second-order valence-corrected chi connectivity index (χ2v) is 5.04. The van der Waals surface area contributed by atoms with E-state index in [2.05, 4.69) is 10.3 Å². The second-order valence-electron chi connectivity index (χ2n) is 5.04. The zero-order chi connectivity index (χ0) is 14.9. The van der Waals surface area contributed by atoms with Crippen LogP contribution in [0.25, 0.3) is 0 Å². The zero-order valence-corrected chi connectivity index (χ0v) is 10.8. The van der Waals surface area contributed by atoms with Gasteiger partial charge in [0, 0.05) is 6.54 Å². The van der Waals surface area contributed by atoms with Gasteiger partial charge in [-0.25, -0.2) is 4.98 Å². The van der Waals surface area contributed by atoms with E-state index in [9.17, 15) is 23.3 Å². The molecule has 8 heteroatoms. The molecule has 1 atom stereocenters. The van der Waals surface area contributed by atoms with Crippen LogP contribution in [-0.2, 0) is 6.18 Å². The van der Waals surface area contributed by atoms with Crippen molar-refractivity contribution in [2.75, 3.05) is 11.9 Å². The first kappa shape index (κ1) is 14.5. The van der Waals surface area contributed by atoms with E-state index < -0.39 is 22.5 Å². The number of anilines is 1. The highest BCUT2D eigenvalue weighted by atomic mass is 19.4. The number of hydrogen-bond donors (Lipinski definition) is 1. The van der Waals surface area contributed by atoms with Crippen LogP contribution in [0.1, 0.15) is 25.5 Å². The van der Waals surface area contributed by atoms with Gasteiger partial charge in [0.2, 0.25) is 0 Å². The number of nitro groups is 1. The van der Waals surface area contributed by atoms with Crippen molar-refractivity contribution in [3.8, 4) is 0 Å². The number of aromatic nitrogens is 1. The maximum absolute atomic E-state index is 12.6. The molecule has 1 unspecified atom stereocenters. The van der Waals surface area contributed by atoms with Crippen molar-refractivity contribution in [2.24, 2.45) is 11.8 Å². The quantitative estimate of drug-likeness (QED) is 0.665. The van der Waals surface area contributed by atoms with E-state index >= 15 is 0 Å². The predicted molar refractivity (Wildman–Crippen MR) is 66.3 cm³/mol. The molecule has 0 amide bonds. The second kappa shape index (κ2) is 5.26. The van der Waals surface area contributed by atoms with Gasteiger partial charge in [-0.3, -0.25) is 10.1 Å². The number of rotatable bonds is 5. The lowest BCUT2D eigenvalue weighted by molar-refractivity contribution is -0.384.